The van der Waals surface area contributed by atoms with Crippen molar-refractivity contribution in [2.24, 2.45) is 12.5 Å². The summed E-state index contributed by atoms with van der Waals surface area (Å²) >= 11 is 0. The standard InChI is InChI=1S/C11H21N3/c1-6-11(3,4)8-12-10-13-9(2)7-14(10)5/h7H,6,8H2,1-5H3,(H,12,13). The third-order valence-electron chi connectivity index (χ3n) is 2.68. The van der Waals surface area contributed by atoms with Gasteiger partial charge in [-0.15, -0.1) is 0 Å². The summed E-state index contributed by atoms with van der Waals surface area (Å²) in [6.45, 7) is 9.71. The van der Waals surface area contributed by atoms with Crippen molar-refractivity contribution in [3.8, 4) is 0 Å². The molecule has 1 N–H and O–H groups in total. The van der Waals surface area contributed by atoms with Gasteiger partial charge in [0.05, 0.1) is 5.69 Å². The number of imidazole rings is 1. The van der Waals surface area contributed by atoms with E-state index >= 15 is 0 Å². The van der Waals surface area contributed by atoms with Crippen LogP contribution in [-0.2, 0) is 7.05 Å². The normalized spacial score (nSPS) is 11.8. The minimum atomic E-state index is 0.333. The number of rotatable bonds is 4. The van der Waals surface area contributed by atoms with Gasteiger partial charge in [0.1, 0.15) is 0 Å². The molecule has 1 heterocycles. The summed E-state index contributed by atoms with van der Waals surface area (Å²) in [7, 11) is 2.02. The van der Waals surface area contributed by atoms with Gasteiger partial charge in [-0.2, -0.15) is 0 Å². The van der Waals surface area contributed by atoms with E-state index in [1.54, 1.807) is 0 Å². The van der Waals surface area contributed by atoms with Gasteiger partial charge in [0, 0.05) is 19.8 Å². The summed E-state index contributed by atoms with van der Waals surface area (Å²) in [5.41, 5.74) is 1.39. The fourth-order valence-electron chi connectivity index (χ4n) is 1.22. The van der Waals surface area contributed by atoms with Crippen LogP contribution >= 0.6 is 0 Å². The van der Waals surface area contributed by atoms with Crippen molar-refractivity contribution in [1.29, 1.82) is 0 Å². The zero-order chi connectivity index (χ0) is 10.8. The van der Waals surface area contributed by atoms with Crippen LogP contribution in [0.2, 0.25) is 0 Å². The van der Waals surface area contributed by atoms with Crippen molar-refractivity contribution in [2.45, 2.75) is 34.1 Å². The van der Waals surface area contributed by atoms with Crippen LogP contribution in [0.25, 0.3) is 0 Å². The second kappa shape index (κ2) is 4.03. The SMILES string of the molecule is CCC(C)(C)CNc1nc(C)cn1C. The van der Waals surface area contributed by atoms with Gasteiger partial charge in [0.15, 0.2) is 0 Å². The molecule has 0 aliphatic heterocycles. The highest BCUT2D eigenvalue weighted by atomic mass is 15.2. The van der Waals surface area contributed by atoms with Gasteiger partial charge in [-0.05, 0) is 18.8 Å². The van der Waals surface area contributed by atoms with E-state index in [2.05, 4.69) is 31.1 Å². The molecule has 0 fully saturated rings. The van der Waals surface area contributed by atoms with E-state index in [-0.39, 0.29) is 0 Å². The largest absolute Gasteiger partial charge is 0.355 e. The molecular formula is C11H21N3. The average molecular weight is 195 g/mol. The third kappa shape index (κ3) is 2.76. The molecule has 0 saturated carbocycles. The van der Waals surface area contributed by atoms with Crippen LogP contribution in [-0.4, -0.2) is 16.1 Å². The number of aryl methyl sites for hydroxylation is 2. The Labute approximate surface area is 86.5 Å². The molecule has 1 rings (SSSR count). The van der Waals surface area contributed by atoms with Crippen LogP contribution in [0.3, 0.4) is 0 Å². The Hall–Kier alpha value is -0.990. The van der Waals surface area contributed by atoms with Crippen molar-refractivity contribution in [3.05, 3.63) is 11.9 Å². The summed E-state index contributed by atoms with van der Waals surface area (Å²) in [5, 5.41) is 3.38. The number of nitrogens with zero attached hydrogens (tertiary/aromatic N) is 2. The average Bonchev–Trinajstić information content (AvgIpc) is 2.42. The quantitative estimate of drug-likeness (QED) is 0.800. The van der Waals surface area contributed by atoms with E-state index in [0.29, 0.717) is 5.41 Å². The lowest BCUT2D eigenvalue weighted by atomic mass is 9.90. The maximum absolute atomic E-state index is 4.40. The monoisotopic (exact) mass is 195 g/mol. The second-order valence-corrected chi connectivity index (χ2v) is 4.69. The maximum atomic E-state index is 4.40. The van der Waals surface area contributed by atoms with Gasteiger partial charge in [-0.3, -0.25) is 0 Å². The second-order valence-electron chi connectivity index (χ2n) is 4.69. The van der Waals surface area contributed by atoms with Crippen LogP contribution in [0.5, 0.6) is 0 Å². The molecule has 1 aromatic rings. The maximum Gasteiger partial charge on any atom is 0.202 e. The molecule has 0 amide bonds. The Balaban J connectivity index is 2.58. The fourth-order valence-corrected chi connectivity index (χ4v) is 1.22. The zero-order valence-corrected chi connectivity index (χ0v) is 9.89. The summed E-state index contributed by atoms with van der Waals surface area (Å²) in [4.78, 5) is 4.40. The van der Waals surface area contributed by atoms with Gasteiger partial charge >= 0.3 is 0 Å². The van der Waals surface area contributed by atoms with Gasteiger partial charge in [0.2, 0.25) is 5.95 Å². The van der Waals surface area contributed by atoms with Crippen molar-refractivity contribution < 1.29 is 0 Å². The predicted molar refractivity (Wildman–Crippen MR) is 60.5 cm³/mol. The van der Waals surface area contributed by atoms with Crippen LogP contribution in [0, 0.1) is 12.3 Å². The lowest BCUT2D eigenvalue weighted by molar-refractivity contribution is 0.375. The van der Waals surface area contributed by atoms with Crippen molar-refractivity contribution in [1.82, 2.24) is 9.55 Å². The Morgan fingerprint density at radius 3 is 2.57 bits per heavy atom. The molecule has 0 aliphatic rings. The minimum Gasteiger partial charge on any atom is -0.355 e. The molecule has 0 aromatic carbocycles. The number of nitrogens with one attached hydrogen (secondary N) is 1. The van der Waals surface area contributed by atoms with E-state index in [4.69, 9.17) is 0 Å². The lowest BCUT2D eigenvalue weighted by Crippen LogP contribution is -2.23. The molecule has 3 heteroatoms. The molecule has 1 aromatic heterocycles. The fraction of sp³-hybridized carbons (Fsp3) is 0.727. The molecular weight excluding hydrogens is 174 g/mol. The number of anilines is 1. The molecule has 0 aliphatic carbocycles. The van der Waals surface area contributed by atoms with Gasteiger partial charge in [-0.1, -0.05) is 20.8 Å². The molecule has 0 unspecified atom stereocenters. The first-order chi connectivity index (χ1) is 6.44. The number of hydrogen-bond acceptors (Lipinski definition) is 2. The Morgan fingerprint density at radius 1 is 1.50 bits per heavy atom. The topological polar surface area (TPSA) is 29.9 Å². The Kier molecular flexibility index (Phi) is 3.19. The molecule has 14 heavy (non-hydrogen) atoms. The molecule has 0 radical (unpaired) electrons. The van der Waals surface area contributed by atoms with Gasteiger partial charge in [0.25, 0.3) is 0 Å². The predicted octanol–water partition coefficient (Wildman–Crippen LogP) is 2.58. The first-order valence-electron chi connectivity index (χ1n) is 5.18. The zero-order valence-electron chi connectivity index (χ0n) is 9.89. The first-order valence-corrected chi connectivity index (χ1v) is 5.18. The van der Waals surface area contributed by atoms with Gasteiger partial charge < -0.3 is 9.88 Å². The molecule has 0 bridgehead atoms. The van der Waals surface area contributed by atoms with E-state index in [9.17, 15) is 0 Å². The van der Waals surface area contributed by atoms with Gasteiger partial charge in [-0.25, -0.2) is 4.98 Å². The smallest absolute Gasteiger partial charge is 0.202 e. The third-order valence-corrected chi connectivity index (χ3v) is 2.68. The van der Waals surface area contributed by atoms with Crippen molar-refractivity contribution in [3.63, 3.8) is 0 Å². The molecule has 3 nitrogen and oxygen atoms in total. The highest BCUT2D eigenvalue weighted by Crippen LogP contribution is 2.20. The van der Waals surface area contributed by atoms with Crippen LogP contribution < -0.4 is 5.32 Å². The van der Waals surface area contributed by atoms with Crippen molar-refractivity contribution >= 4 is 5.95 Å². The Bertz CT molecular complexity index is 299. The first kappa shape index (κ1) is 11.1. The van der Waals surface area contributed by atoms with Crippen molar-refractivity contribution in [2.75, 3.05) is 11.9 Å². The van der Waals surface area contributed by atoms with E-state index in [0.717, 1.165) is 18.2 Å². The van der Waals surface area contributed by atoms with Crippen LogP contribution in [0.1, 0.15) is 32.9 Å². The molecule has 0 spiro atoms. The Morgan fingerprint density at radius 2 is 2.14 bits per heavy atom. The number of hydrogen-bond donors (Lipinski definition) is 1. The minimum absolute atomic E-state index is 0.333. The summed E-state index contributed by atoms with van der Waals surface area (Å²) in [6.07, 6.45) is 3.20. The van der Waals surface area contributed by atoms with E-state index < -0.39 is 0 Å². The molecule has 0 saturated heterocycles. The number of aromatic nitrogens is 2. The highest BCUT2D eigenvalue weighted by Gasteiger charge is 2.15. The summed E-state index contributed by atoms with van der Waals surface area (Å²) in [5.74, 6) is 0.962. The summed E-state index contributed by atoms with van der Waals surface area (Å²) in [6, 6.07) is 0. The summed E-state index contributed by atoms with van der Waals surface area (Å²) < 4.78 is 2.03. The van der Waals surface area contributed by atoms with Crippen LogP contribution in [0.15, 0.2) is 6.20 Å². The molecule has 80 valence electrons. The van der Waals surface area contributed by atoms with Crippen LogP contribution in [0.4, 0.5) is 5.95 Å². The van der Waals surface area contributed by atoms with E-state index in [1.807, 2.05) is 24.7 Å². The lowest BCUT2D eigenvalue weighted by Gasteiger charge is -2.23. The molecule has 0 atom stereocenters. The highest BCUT2D eigenvalue weighted by molar-refractivity contribution is 5.28. The van der Waals surface area contributed by atoms with E-state index in [1.165, 1.54) is 6.42 Å².